The van der Waals surface area contributed by atoms with Crippen molar-refractivity contribution in [2.75, 3.05) is 20.0 Å². The highest BCUT2D eigenvalue weighted by Gasteiger charge is 2.04. The second-order valence-corrected chi connectivity index (χ2v) is 3.11. The summed E-state index contributed by atoms with van der Waals surface area (Å²) in [7, 11) is 0. The predicted octanol–water partition coefficient (Wildman–Crippen LogP) is 0.530. The zero-order chi connectivity index (χ0) is 10.9. The molecule has 15 heavy (non-hydrogen) atoms. The molecule has 0 fully saturated rings. The van der Waals surface area contributed by atoms with Gasteiger partial charge in [-0.3, -0.25) is 0 Å². The minimum atomic E-state index is -0.555. The maximum Gasteiger partial charge on any atom is 0.147 e. The van der Waals surface area contributed by atoms with E-state index in [1.54, 1.807) is 0 Å². The second-order valence-electron chi connectivity index (χ2n) is 3.11. The quantitative estimate of drug-likeness (QED) is 0.511. The largest absolute Gasteiger partial charge is 0.394 e. The SMILES string of the molecule is OCC(CO)OCOCc1ccccc1. The van der Waals surface area contributed by atoms with Gasteiger partial charge in [-0.2, -0.15) is 0 Å². The Balaban J connectivity index is 2.12. The summed E-state index contributed by atoms with van der Waals surface area (Å²) >= 11 is 0. The average Bonchev–Trinajstić information content (AvgIpc) is 2.31. The summed E-state index contributed by atoms with van der Waals surface area (Å²) in [6.45, 7) is 0.126. The Hall–Kier alpha value is -0.940. The molecule has 84 valence electrons. The maximum absolute atomic E-state index is 8.70. The molecule has 0 aliphatic carbocycles. The minimum absolute atomic E-state index is 0.0701. The molecule has 4 heteroatoms. The number of hydrogen-bond acceptors (Lipinski definition) is 4. The molecule has 0 aromatic heterocycles. The van der Waals surface area contributed by atoms with Gasteiger partial charge < -0.3 is 19.7 Å². The molecule has 0 spiro atoms. The second kappa shape index (κ2) is 7.36. The van der Waals surface area contributed by atoms with Crippen molar-refractivity contribution in [3.8, 4) is 0 Å². The average molecular weight is 212 g/mol. The molecule has 1 aromatic rings. The summed E-state index contributed by atoms with van der Waals surface area (Å²) in [6.07, 6.45) is -0.555. The van der Waals surface area contributed by atoms with Crippen LogP contribution >= 0.6 is 0 Å². The molecule has 0 aliphatic heterocycles. The highest BCUT2D eigenvalue weighted by atomic mass is 16.7. The number of benzene rings is 1. The van der Waals surface area contributed by atoms with Crippen molar-refractivity contribution in [3.63, 3.8) is 0 Å². The van der Waals surface area contributed by atoms with E-state index in [-0.39, 0.29) is 20.0 Å². The molecular weight excluding hydrogens is 196 g/mol. The van der Waals surface area contributed by atoms with Crippen molar-refractivity contribution in [3.05, 3.63) is 35.9 Å². The molecule has 0 saturated heterocycles. The van der Waals surface area contributed by atoms with Gasteiger partial charge in [-0.25, -0.2) is 0 Å². The van der Waals surface area contributed by atoms with Gasteiger partial charge in [0.1, 0.15) is 12.9 Å². The summed E-state index contributed by atoms with van der Waals surface area (Å²) in [5, 5.41) is 17.4. The maximum atomic E-state index is 8.70. The molecule has 0 atom stereocenters. The highest BCUT2D eigenvalue weighted by Crippen LogP contribution is 2.00. The Morgan fingerprint density at radius 2 is 1.73 bits per heavy atom. The molecular formula is C11H16O4. The first-order valence-corrected chi connectivity index (χ1v) is 4.81. The third-order valence-corrected chi connectivity index (χ3v) is 1.91. The predicted molar refractivity (Wildman–Crippen MR) is 55.1 cm³/mol. The molecule has 0 unspecified atom stereocenters. The summed E-state index contributed by atoms with van der Waals surface area (Å²) in [5.74, 6) is 0. The molecule has 4 nitrogen and oxygen atoms in total. The molecule has 0 heterocycles. The minimum Gasteiger partial charge on any atom is -0.394 e. The van der Waals surface area contributed by atoms with Gasteiger partial charge in [-0.1, -0.05) is 30.3 Å². The Labute approximate surface area is 89.1 Å². The summed E-state index contributed by atoms with van der Waals surface area (Å²) in [6, 6.07) is 9.71. The lowest BCUT2D eigenvalue weighted by Crippen LogP contribution is -2.23. The number of ether oxygens (including phenoxy) is 2. The summed E-state index contributed by atoms with van der Waals surface area (Å²) in [4.78, 5) is 0. The lowest BCUT2D eigenvalue weighted by Gasteiger charge is -2.12. The molecule has 0 amide bonds. The Kier molecular flexibility index (Phi) is 5.96. The van der Waals surface area contributed by atoms with Crippen molar-refractivity contribution < 1.29 is 19.7 Å². The third-order valence-electron chi connectivity index (χ3n) is 1.91. The van der Waals surface area contributed by atoms with E-state index in [0.717, 1.165) is 5.56 Å². The topological polar surface area (TPSA) is 58.9 Å². The zero-order valence-corrected chi connectivity index (χ0v) is 8.50. The van der Waals surface area contributed by atoms with E-state index < -0.39 is 6.10 Å². The number of hydrogen-bond donors (Lipinski definition) is 2. The van der Waals surface area contributed by atoms with Gasteiger partial charge in [0.2, 0.25) is 0 Å². The number of aliphatic hydroxyl groups excluding tert-OH is 2. The standard InChI is InChI=1S/C11H16O4/c12-6-11(7-13)15-9-14-8-10-4-2-1-3-5-10/h1-5,11-13H,6-9H2. The van der Waals surface area contributed by atoms with Crippen LogP contribution in [-0.4, -0.2) is 36.3 Å². The van der Waals surface area contributed by atoms with Crippen LogP contribution in [0.3, 0.4) is 0 Å². The molecule has 1 rings (SSSR count). The zero-order valence-electron chi connectivity index (χ0n) is 8.50. The fourth-order valence-electron chi connectivity index (χ4n) is 1.04. The molecule has 0 aliphatic rings. The van der Waals surface area contributed by atoms with Gasteiger partial charge in [0.05, 0.1) is 19.8 Å². The van der Waals surface area contributed by atoms with Crippen LogP contribution in [-0.2, 0) is 16.1 Å². The van der Waals surface area contributed by atoms with Gasteiger partial charge in [0, 0.05) is 0 Å². The van der Waals surface area contributed by atoms with E-state index in [9.17, 15) is 0 Å². The van der Waals surface area contributed by atoms with E-state index in [4.69, 9.17) is 19.7 Å². The Bertz CT molecular complexity index is 246. The van der Waals surface area contributed by atoms with Gasteiger partial charge in [0.15, 0.2) is 0 Å². The summed E-state index contributed by atoms with van der Waals surface area (Å²) < 4.78 is 10.2. The molecule has 0 bridgehead atoms. The number of rotatable bonds is 7. The van der Waals surface area contributed by atoms with Crippen LogP contribution in [0.15, 0.2) is 30.3 Å². The fraction of sp³-hybridized carbons (Fsp3) is 0.455. The van der Waals surface area contributed by atoms with Crippen LogP contribution in [0, 0.1) is 0 Å². The molecule has 0 saturated carbocycles. The van der Waals surface area contributed by atoms with Crippen LogP contribution in [0.1, 0.15) is 5.56 Å². The van der Waals surface area contributed by atoms with E-state index in [1.807, 2.05) is 30.3 Å². The third kappa shape index (κ3) is 4.90. The van der Waals surface area contributed by atoms with Crippen LogP contribution in [0.25, 0.3) is 0 Å². The monoisotopic (exact) mass is 212 g/mol. The van der Waals surface area contributed by atoms with Crippen molar-refractivity contribution >= 4 is 0 Å². The van der Waals surface area contributed by atoms with Crippen molar-refractivity contribution in [1.29, 1.82) is 0 Å². The Morgan fingerprint density at radius 1 is 1.07 bits per heavy atom. The lowest BCUT2D eigenvalue weighted by molar-refractivity contribution is -0.120. The Morgan fingerprint density at radius 3 is 2.33 bits per heavy atom. The van der Waals surface area contributed by atoms with E-state index in [1.165, 1.54) is 0 Å². The van der Waals surface area contributed by atoms with E-state index >= 15 is 0 Å². The van der Waals surface area contributed by atoms with Gasteiger partial charge in [-0.05, 0) is 5.56 Å². The highest BCUT2D eigenvalue weighted by molar-refractivity contribution is 5.13. The summed E-state index contributed by atoms with van der Waals surface area (Å²) in [5.41, 5.74) is 1.06. The van der Waals surface area contributed by atoms with Crippen LogP contribution < -0.4 is 0 Å². The van der Waals surface area contributed by atoms with Crippen LogP contribution in [0.2, 0.25) is 0 Å². The van der Waals surface area contributed by atoms with Crippen molar-refractivity contribution in [2.24, 2.45) is 0 Å². The van der Waals surface area contributed by atoms with Crippen LogP contribution in [0.5, 0.6) is 0 Å². The molecule has 2 N–H and O–H groups in total. The van der Waals surface area contributed by atoms with Crippen LogP contribution in [0.4, 0.5) is 0 Å². The first-order valence-electron chi connectivity index (χ1n) is 4.81. The lowest BCUT2D eigenvalue weighted by atomic mass is 10.2. The van der Waals surface area contributed by atoms with E-state index in [0.29, 0.717) is 6.61 Å². The first kappa shape index (κ1) is 12.1. The van der Waals surface area contributed by atoms with Gasteiger partial charge in [-0.15, -0.1) is 0 Å². The van der Waals surface area contributed by atoms with Crippen molar-refractivity contribution in [1.82, 2.24) is 0 Å². The normalized spacial score (nSPS) is 10.9. The molecule has 1 aromatic carbocycles. The smallest absolute Gasteiger partial charge is 0.147 e. The number of aliphatic hydroxyl groups is 2. The first-order chi connectivity index (χ1) is 7.36. The van der Waals surface area contributed by atoms with Gasteiger partial charge >= 0.3 is 0 Å². The fourth-order valence-corrected chi connectivity index (χ4v) is 1.04. The van der Waals surface area contributed by atoms with Crippen molar-refractivity contribution in [2.45, 2.75) is 12.7 Å². The van der Waals surface area contributed by atoms with E-state index in [2.05, 4.69) is 0 Å². The molecule has 0 radical (unpaired) electrons. The van der Waals surface area contributed by atoms with Gasteiger partial charge in [0.25, 0.3) is 0 Å².